The molecule has 10 heteroatoms. The van der Waals surface area contributed by atoms with E-state index in [-0.39, 0.29) is 37.7 Å². The van der Waals surface area contributed by atoms with Crippen LogP contribution in [0.25, 0.3) is 0 Å². The maximum absolute atomic E-state index is 14.5. The highest BCUT2D eigenvalue weighted by atomic mass is 16.5. The van der Waals surface area contributed by atoms with Gasteiger partial charge in [-0.1, -0.05) is 111 Å². The number of aromatic nitrogens is 2. The molecule has 0 spiro atoms. The van der Waals surface area contributed by atoms with E-state index in [1.807, 2.05) is 92.7 Å². The van der Waals surface area contributed by atoms with Crippen LogP contribution in [0.2, 0.25) is 0 Å². The number of carbonyl (C=O) groups excluding carboxylic acids is 3. The monoisotopic (exact) mass is 681 g/mol. The minimum Gasteiger partial charge on any atom is -0.461 e. The molecule has 266 valence electrons. The van der Waals surface area contributed by atoms with Crippen molar-refractivity contribution in [2.24, 2.45) is 17.6 Å². The van der Waals surface area contributed by atoms with Gasteiger partial charge in [-0.15, -0.1) is 0 Å². The smallest absolute Gasteiger partial charge is 0.306 e. The lowest BCUT2D eigenvalue weighted by Gasteiger charge is -2.39. The topological polar surface area (TPSA) is 151 Å². The molecule has 3 aromatic carbocycles. The van der Waals surface area contributed by atoms with Gasteiger partial charge in [-0.3, -0.25) is 19.8 Å². The van der Waals surface area contributed by atoms with Gasteiger partial charge in [0.1, 0.15) is 24.0 Å². The van der Waals surface area contributed by atoms with Gasteiger partial charge in [-0.05, 0) is 54.7 Å². The number of unbranched alkanes of at least 4 members (excludes halogenated alkanes) is 2. The van der Waals surface area contributed by atoms with Gasteiger partial charge in [0, 0.05) is 31.3 Å². The number of imidazole rings is 1. The van der Waals surface area contributed by atoms with E-state index in [9.17, 15) is 19.5 Å². The van der Waals surface area contributed by atoms with E-state index >= 15 is 0 Å². The quantitative estimate of drug-likeness (QED) is 0.0552. The van der Waals surface area contributed by atoms with Crippen molar-refractivity contribution < 1.29 is 24.2 Å². The number of nitrogens with zero attached hydrogens (tertiary/aromatic N) is 2. The van der Waals surface area contributed by atoms with Crippen LogP contribution in [-0.4, -0.2) is 50.0 Å². The molecule has 0 bridgehead atoms. The van der Waals surface area contributed by atoms with Crippen LogP contribution >= 0.6 is 0 Å². The molecule has 0 aliphatic carbocycles. The summed E-state index contributed by atoms with van der Waals surface area (Å²) in [7, 11) is 0. The summed E-state index contributed by atoms with van der Waals surface area (Å²) in [4.78, 5) is 49.2. The SMILES string of the molecule is CC(C)C[C@@H](c1ncc[nH]1)N(NC(=O)[C@@](N)(Cc1ccccc1)C(CO)CC(=O)OCc1ccccc1)C(=O)CCCCCc1ccccc1. The number of H-pyrrole nitrogens is 1. The van der Waals surface area contributed by atoms with Crippen molar-refractivity contribution in [1.29, 1.82) is 0 Å². The van der Waals surface area contributed by atoms with Gasteiger partial charge in [0.2, 0.25) is 5.91 Å². The number of amides is 2. The summed E-state index contributed by atoms with van der Waals surface area (Å²) in [5.74, 6) is -1.89. The van der Waals surface area contributed by atoms with Gasteiger partial charge in [0.15, 0.2) is 0 Å². The van der Waals surface area contributed by atoms with E-state index in [1.165, 1.54) is 10.6 Å². The fraction of sp³-hybridized carbons (Fsp3) is 0.400. The summed E-state index contributed by atoms with van der Waals surface area (Å²) in [5.41, 5.74) is 10.9. The Morgan fingerprint density at radius 2 is 1.52 bits per heavy atom. The van der Waals surface area contributed by atoms with E-state index in [1.54, 1.807) is 12.4 Å². The molecule has 4 aromatic rings. The Morgan fingerprint density at radius 1 is 0.900 bits per heavy atom. The fourth-order valence-corrected chi connectivity index (χ4v) is 6.07. The van der Waals surface area contributed by atoms with Gasteiger partial charge in [-0.2, -0.15) is 0 Å². The van der Waals surface area contributed by atoms with Crippen molar-refractivity contribution in [3.8, 4) is 0 Å². The number of nitrogens with two attached hydrogens (primary N) is 1. The first-order chi connectivity index (χ1) is 24.2. The number of aromatic amines is 1. The number of hydrogen-bond acceptors (Lipinski definition) is 7. The maximum atomic E-state index is 14.5. The number of esters is 1. The zero-order chi connectivity index (χ0) is 35.8. The molecule has 50 heavy (non-hydrogen) atoms. The lowest BCUT2D eigenvalue weighted by atomic mass is 9.77. The molecule has 4 rings (SSSR count). The summed E-state index contributed by atoms with van der Waals surface area (Å²) >= 11 is 0. The third-order valence-corrected chi connectivity index (χ3v) is 8.90. The Kier molecular flexibility index (Phi) is 14.8. The highest BCUT2D eigenvalue weighted by Crippen LogP contribution is 2.29. The van der Waals surface area contributed by atoms with Crippen LogP contribution in [0.4, 0.5) is 0 Å². The first-order valence-corrected chi connectivity index (χ1v) is 17.5. The number of carbonyl (C=O) groups is 3. The average molecular weight is 682 g/mol. The summed E-state index contributed by atoms with van der Waals surface area (Å²) in [6, 6.07) is 28.1. The number of ether oxygens (including phenoxy) is 1. The number of aliphatic hydroxyl groups excluding tert-OH is 1. The third-order valence-electron chi connectivity index (χ3n) is 8.90. The highest BCUT2D eigenvalue weighted by Gasteiger charge is 2.45. The first-order valence-electron chi connectivity index (χ1n) is 17.5. The van der Waals surface area contributed by atoms with Crippen LogP contribution in [0.5, 0.6) is 0 Å². The predicted molar refractivity (Wildman–Crippen MR) is 193 cm³/mol. The summed E-state index contributed by atoms with van der Waals surface area (Å²) in [6.07, 6.45) is 7.04. The van der Waals surface area contributed by atoms with E-state index in [0.717, 1.165) is 30.4 Å². The molecule has 1 unspecified atom stereocenters. The molecule has 2 amide bonds. The van der Waals surface area contributed by atoms with E-state index < -0.39 is 36.0 Å². The minimum atomic E-state index is -1.79. The molecule has 10 nitrogen and oxygen atoms in total. The van der Waals surface area contributed by atoms with Crippen molar-refractivity contribution >= 4 is 17.8 Å². The molecular formula is C40H51N5O5. The minimum absolute atomic E-state index is 0.00792. The van der Waals surface area contributed by atoms with E-state index in [4.69, 9.17) is 10.5 Å². The molecule has 1 aromatic heterocycles. The summed E-state index contributed by atoms with van der Waals surface area (Å²) in [5, 5.41) is 12.0. The standard InChI is InChI=1S/C40H51N5O5/c1-30(2)25-35(38-42-23-24-43-38)45(36(47)22-14-6-9-17-31-15-7-3-8-16-31)44-39(49)40(41,27-32-18-10-4-11-19-32)34(28-46)26-37(48)50-29-33-20-12-5-13-21-33/h3-5,7-8,10-13,15-16,18-21,23-24,30,34-35,46H,6,9,14,17,22,25-29,41H2,1-2H3,(H,42,43)(H,44,49)/t34?,35-,40+/m0/s1. The van der Waals surface area contributed by atoms with Gasteiger partial charge in [-0.25, -0.2) is 9.99 Å². The van der Waals surface area contributed by atoms with Gasteiger partial charge in [0.05, 0.1) is 6.42 Å². The van der Waals surface area contributed by atoms with Crippen molar-refractivity contribution in [2.45, 2.75) is 83.4 Å². The third kappa shape index (κ3) is 11.4. The lowest BCUT2D eigenvalue weighted by Crippen LogP contribution is -2.65. The molecule has 1 heterocycles. The predicted octanol–water partition coefficient (Wildman–Crippen LogP) is 5.84. The van der Waals surface area contributed by atoms with Gasteiger partial charge < -0.3 is 20.6 Å². The van der Waals surface area contributed by atoms with Crippen molar-refractivity contribution in [3.05, 3.63) is 126 Å². The Morgan fingerprint density at radius 3 is 2.10 bits per heavy atom. The molecule has 0 saturated heterocycles. The van der Waals surface area contributed by atoms with E-state index in [0.29, 0.717) is 18.7 Å². The Bertz CT molecular complexity index is 1580. The maximum Gasteiger partial charge on any atom is 0.306 e. The molecular weight excluding hydrogens is 630 g/mol. The molecule has 0 aliphatic rings. The average Bonchev–Trinajstić information content (AvgIpc) is 3.67. The van der Waals surface area contributed by atoms with Crippen LogP contribution in [-0.2, 0) is 38.6 Å². The number of hydrazine groups is 1. The second kappa shape index (κ2) is 19.4. The molecule has 0 aliphatic heterocycles. The van der Waals surface area contributed by atoms with Crippen LogP contribution in [0, 0.1) is 11.8 Å². The second-order valence-electron chi connectivity index (χ2n) is 13.3. The van der Waals surface area contributed by atoms with Crippen molar-refractivity contribution in [1.82, 2.24) is 20.4 Å². The Labute approximate surface area is 295 Å². The van der Waals surface area contributed by atoms with Gasteiger partial charge in [0.25, 0.3) is 5.91 Å². The number of nitrogens with one attached hydrogen (secondary N) is 2. The fourth-order valence-electron chi connectivity index (χ4n) is 6.07. The second-order valence-corrected chi connectivity index (χ2v) is 13.3. The number of hydrogen-bond donors (Lipinski definition) is 4. The molecule has 0 saturated carbocycles. The Balaban J connectivity index is 1.56. The van der Waals surface area contributed by atoms with Crippen LogP contribution in [0.1, 0.15) is 80.9 Å². The van der Waals surface area contributed by atoms with E-state index in [2.05, 4.69) is 27.5 Å². The van der Waals surface area contributed by atoms with Crippen LogP contribution < -0.4 is 11.2 Å². The summed E-state index contributed by atoms with van der Waals surface area (Å²) < 4.78 is 5.51. The van der Waals surface area contributed by atoms with Gasteiger partial charge >= 0.3 is 5.97 Å². The van der Waals surface area contributed by atoms with Crippen molar-refractivity contribution in [2.75, 3.05) is 6.61 Å². The molecule has 0 fully saturated rings. The largest absolute Gasteiger partial charge is 0.461 e. The van der Waals surface area contributed by atoms with Crippen LogP contribution in [0.3, 0.4) is 0 Å². The van der Waals surface area contributed by atoms with Crippen molar-refractivity contribution in [3.63, 3.8) is 0 Å². The number of benzene rings is 3. The molecule has 0 radical (unpaired) electrons. The number of rotatable bonds is 19. The lowest BCUT2D eigenvalue weighted by molar-refractivity contribution is -0.152. The zero-order valence-corrected chi connectivity index (χ0v) is 29.2. The highest BCUT2D eigenvalue weighted by molar-refractivity contribution is 5.90. The summed E-state index contributed by atoms with van der Waals surface area (Å²) in [6.45, 7) is 3.57. The first kappa shape index (κ1) is 38.0. The molecule has 3 atom stereocenters. The normalized spacial score (nSPS) is 13.6. The number of aliphatic hydroxyl groups is 1. The zero-order valence-electron chi connectivity index (χ0n) is 29.2. The Hall–Kier alpha value is -4.80. The molecule has 5 N–H and O–H groups in total. The number of aryl methyl sites for hydroxylation is 1. The van der Waals surface area contributed by atoms with Crippen LogP contribution in [0.15, 0.2) is 103 Å².